The summed E-state index contributed by atoms with van der Waals surface area (Å²) >= 11 is 4.13. The molecule has 0 unspecified atom stereocenters. The second-order valence-corrected chi connectivity index (χ2v) is 8.19. The highest BCUT2D eigenvalue weighted by Crippen LogP contribution is 2.33. The second kappa shape index (κ2) is 7.59. The molecule has 0 atom stereocenters. The number of anilines is 1. The molecule has 0 aliphatic heterocycles. The largest absolute Gasteiger partial charge is 0.356 e. The summed E-state index contributed by atoms with van der Waals surface area (Å²) < 4.78 is 5.63. The molecule has 3 rings (SSSR count). The van der Waals surface area contributed by atoms with E-state index in [-0.39, 0.29) is 0 Å². The minimum atomic E-state index is 0.563. The topological polar surface area (TPSA) is 46.0 Å². The molecule has 0 amide bonds. The Morgan fingerprint density at radius 1 is 1.45 bits per heavy atom. The molecule has 2 aromatic heterocycles. The van der Waals surface area contributed by atoms with E-state index in [9.17, 15) is 0 Å². The van der Waals surface area contributed by atoms with E-state index < -0.39 is 0 Å². The summed E-state index contributed by atoms with van der Waals surface area (Å²) in [4.78, 5) is 11.2. The maximum Gasteiger partial charge on any atom is 0.156 e. The molecule has 0 radical (unpaired) electrons. The first-order chi connectivity index (χ1) is 10.7. The predicted molar refractivity (Wildman–Crippen MR) is 106 cm³/mol. The van der Waals surface area contributed by atoms with Gasteiger partial charge < -0.3 is 4.90 Å². The summed E-state index contributed by atoms with van der Waals surface area (Å²) in [5.41, 5.74) is 0.990. The Morgan fingerprint density at radius 3 is 3.00 bits per heavy atom. The molecule has 2 aromatic rings. The van der Waals surface area contributed by atoms with Gasteiger partial charge in [0.15, 0.2) is 5.65 Å². The van der Waals surface area contributed by atoms with Crippen LogP contribution in [0, 0.1) is 0 Å². The van der Waals surface area contributed by atoms with Crippen molar-refractivity contribution in [1.29, 1.82) is 0 Å². The van der Waals surface area contributed by atoms with Crippen LogP contribution in [0.15, 0.2) is 18.6 Å². The zero-order chi connectivity index (χ0) is 15.5. The number of nitrogens with zero attached hydrogens (tertiary/aromatic N) is 4. The molecular weight excluding hydrogens is 429 g/mol. The Labute approximate surface area is 151 Å². The molecule has 0 spiro atoms. The number of rotatable bonds is 7. The van der Waals surface area contributed by atoms with Crippen LogP contribution in [-0.2, 0) is 0 Å². The summed E-state index contributed by atoms with van der Waals surface area (Å²) in [5.74, 6) is 2.23. The van der Waals surface area contributed by atoms with Crippen molar-refractivity contribution >= 4 is 59.1 Å². The summed E-state index contributed by atoms with van der Waals surface area (Å²) in [7, 11) is 3.78. The standard InChI is InChI=1S/C14H20IN5S2/c1-3-6-21-18-10-7-11(8-10)19(2)13-12-4-5-20(22-15)14(12)17-9-16-13/h4-5,9-11,18H,3,6-8H2,1-2H3. The highest BCUT2D eigenvalue weighted by molar-refractivity contribution is 14.2. The van der Waals surface area contributed by atoms with E-state index in [1.165, 1.54) is 25.0 Å². The lowest BCUT2D eigenvalue weighted by atomic mass is 9.86. The van der Waals surface area contributed by atoms with Gasteiger partial charge in [0.1, 0.15) is 12.1 Å². The zero-order valence-corrected chi connectivity index (χ0v) is 16.5. The maximum absolute atomic E-state index is 4.52. The average Bonchev–Trinajstić information content (AvgIpc) is 2.92. The first-order valence-electron chi connectivity index (χ1n) is 7.45. The SMILES string of the molecule is CCCSNC1CC(N(C)c2ncnc3c2ccn3SI)C1. The van der Waals surface area contributed by atoms with E-state index in [4.69, 9.17) is 0 Å². The van der Waals surface area contributed by atoms with Crippen molar-refractivity contribution < 1.29 is 0 Å². The first kappa shape index (κ1) is 16.7. The number of fused-ring (bicyclic) bond motifs is 1. The fourth-order valence-corrected chi connectivity index (χ4v) is 4.73. The van der Waals surface area contributed by atoms with Gasteiger partial charge in [-0.15, -0.1) is 0 Å². The van der Waals surface area contributed by atoms with Crippen LogP contribution in [0.4, 0.5) is 5.82 Å². The van der Waals surface area contributed by atoms with Crippen molar-refractivity contribution in [2.45, 2.75) is 38.3 Å². The molecule has 1 aliphatic carbocycles. The number of halogens is 1. The predicted octanol–water partition coefficient (Wildman–Crippen LogP) is 3.89. The molecule has 0 saturated heterocycles. The van der Waals surface area contributed by atoms with Gasteiger partial charge in [-0.1, -0.05) is 18.9 Å². The molecule has 1 fully saturated rings. The normalized spacial score (nSPS) is 21.0. The van der Waals surface area contributed by atoms with Gasteiger partial charge in [-0.05, 0) is 25.3 Å². The highest BCUT2D eigenvalue weighted by Gasteiger charge is 2.33. The van der Waals surface area contributed by atoms with Gasteiger partial charge in [0.05, 0.1) is 5.39 Å². The fourth-order valence-electron chi connectivity index (χ4n) is 2.70. The monoisotopic (exact) mass is 449 g/mol. The van der Waals surface area contributed by atoms with Crippen molar-refractivity contribution in [2.24, 2.45) is 0 Å². The van der Waals surface area contributed by atoms with Crippen LogP contribution < -0.4 is 9.62 Å². The van der Waals surface area contributed by atoms with Crippen molar-refractivity contribution in [1.82, 2.24) is 18.7 Å². The van der Waals surface area contributed by atoms with E-state index in [1.807, 2.05) is 11.9 Å². The third kappa shape index (κ3) is 3.34. The van der Waals surface area contributed by atoms with E-state index in [0.29, 0.717) is 12.1 Å². The van der Waals surface area contributed by atoms with E-state index in [0.717, 1.165) is 16.9 Å². The molecule has 8 heteroatoms. The van der Waals surface area contributed by atoms with Crippen LogP contribution in [0.5, 0.6) is 0 Å². The van der Waals surface area contributed by atoms with Crippen molar-refractivity contribution in [3.05, 3.63) is 18.6 Å². The molecule has 120 valence electrons. The van der Waals surface area contributed by atoms with Crippen molar-refractivity contribution in [3.8, 4) is 0 Å². The smallest absolute Gasteiger partial charge is 0.156 e. The Bertz CT molecular complexity index is 629. The van der Waals surface area contributed by atoms with Crippen LogP contribution in [0.2, 0.25) is 0 Å². The van der Waals surface area contributed by atoms with Crippen LogP contribution >= 0.6 is 42.3 Å². The quantitative estimate of drug-likeness (QED) is 0.393. The number of hydrogen-bond donors (Lipinski definition) is 1. The zero-order valence-electron chi connectivity index (χ0n) is 12.7. The Morgan fingerprint density at radius 2 is 2.27 bits per heavy atom. The van der Waals surface area contributed by atoms with Gasteiger partial charge in [-0.25, -0.2) is 9.97 Å². The Hall–Kier alpha value is -0.190. The lowest BCUT2D eigenvalue weighted by molar-refractivity contribution is 0.323. The minimum Gasteiger partial charge on any atom is -0.356 e. The third-order valence-corrected chi connectivity index (χ3v) is 6.88. The van der Waals surface area contributed by atoms with Crippen LogP contribution in [0.3, 0.4) is 0 Å². The Kier molecular flexibility index (Phi) is 5.74. The molecular formula is C14H20IN5S2. The summed E-state index contributed by atoms with van der Waals surface area (Å²) in [5, 5.41) is 1.13. The average molecular weight is 449 g/mol. The maximum atomic E-state index is 4.52. The van der Waals surface area contributed by atoms with Crippen LogP contribution in [0.25, 0.3) is 11.0 Å². The van der Waals surface area contributed by atoms with Crippen molar-refractivity contribution in [3.63, 3.8) is 0 Å². The number of aromatic nitrogens is 3. The molecule has 1 saturated carbocycles. The van der Waals surface area contributed by atoms with Crippen LogP contribution in [-0.4, -0.2) is 38.8 Å². The summed E-state index contributed by atoms with van der Waals surface area (Å²) in [6, 6.07) is 3.31. The third-order valence-electron chi connectivity index (χ3n) is 4.05. The van der Waals surface area contributed by atoms with Crippen LogP contribution in [0.1, 0.15) is 26.2 Å². The minimum absolute atomic E-state index is 0.563. The molecule has 0 aromatic carbocycles. The van der Waals surface area contributed by atoms with E-state index in [1.54, 1.807) is 15.4 Å². The first-order valence-corrected chi connectivity index (χ1v) is 11.8. The lowest BCUT2D eigenvalue weighted by Gasteiger charge is -2.42. The molecule has 0 bridgehead atoms. The second-order valence-electron chi connectivity index (χ2n) is 5.54. The summed E-state index contributed by atoms with van der Waals surface area (Å²) in [6.07, 6.45) is 7.31. The highest BCUT2D eigenvalue weighted by atomic mass is 127. The number of hydrogen-bond acceptors (Lipinski definition) is 6. The molecule has 1 N–H and O–H groups in total. The van der Waals surface area contributed by atoms with Gasteiger partial charge in [-0.2, -0.15) is 0 Å². The number of nitrogens with one attached hydrogen (secondary N) is 1. The Balaban J connectivity index is 1.66. The summed E-state index contributed by atoms with van der Waals surface area (Å²) in [6.45, 7) is 2.21. The van der Waals surface area contributed by atoms with Crippen molar-refractivity contribution in [2.75, 3.05) is 17.7 Å². The van der Waals surface area contributed by atoms with Gasteiger partial charge in [0.25, 0.3) is 0 Å². The molecule has 1 aliphatic rings. The van der Waals surface area contributed by atoms with Gasteiger partial charge in [0.2, 0.25) is 0 Å². The van der Waals surface area contributed by atoms with E-state index >= 15 is 0 Å². The van der Waals surface area contributed by atoms with E-state index in [2.05, 4.69) is 71.0 Å². The van der Waals surface area contributed by atoms with Gasteiger partial charge in [-0.3, -0.25) is 8.69 Å². The molecule has 5 nitrogen and oxygen atoms in total. The van der Waals surface area contributed by atoms with Gasteiger partial charge in [0, 0.05) is 61.4 Å². The molecule has 2 heterocycles. The van der Waals surface area contributed by atoms with Gasteiger partial charge >= 0.3 is 0 Å². The lowest BCUT2D eigenvalue weighted by Crippen LogP contribution is -2.50. The fraction of sp³-hybridized carbons (Fsp3) is 0.571. The molecule has 22 heavy (non-hydrogen) atoms.